The minimum Gasteiger partial charge on any atom is -0.493 e. The molecule has 34 heavy (non-hydrogen) atoms. The second-order valence-corrected chi connectivity index (χ2v) is 8.25. The first kappa shape index (κ1) is 23.4. The van der Waals surface area contributed by atoms with Crippen LogP contribution in [0.3, 0.4) is 0 Å². The van der Waals surface area contributed by atoms with Crippen LogP contribution >= 0.6 is 0 Å². The van der Waals surface area contributed by atoms with Crippen LogP contribution in [0.5, 0.6) is 17.2 Å². The van der Waals surface area contributed by atoms with Crippen molar-refractivity contribution in [2.24, 2.45) is 0 Å². The van der Waals surface area contributed by atoms with Crippen LogP contribution in [0, 0.1) is 0 Å². The van der Waals surface area contributed by atoms with Gasteiger partial charge in [-0.15, -0.1) is 0 Å². The third-order valence-corrected chi connectivity index (χ3v) is 6.10. The van der Waals surface area contributed by atoms with E-state index >= 15 is 0 Å². The van der Waals surface area contributed by atoms with Crippen molar-refractivity contribution in [1.82, 2.24) is 15.2 Å². The number of carbonyl (C=O) groups excluding carboxylic acids is 2. The number of nitrogens with zero attached hydrogens (tertiary/aromatic N) is 2. The third kappa shape index (κ3) is 4.62. The van der Waals surface area contributed by atoms with Crippen LogP contribution < -0.4 is 19.5 Å². The summed E-state index contributed by atoms with van der Waals surface area (Å²) < 4.78 is 16.4. The molecule has 4 rings (SSSR count). The first-order valence-electron chi connectivity index (χ1n) is 11.2. The maximum Gasteiger partial charge on any atom is 0.254 e. The highest BCUT2D eigenvalue weighted by Crippen LogP contribution is 2.41. The highest BCUT2D eigenvalue weighted by molar-refractivity contribution is 6.07. The number of nitrogens with one attached hydrogen (secondary N) is 1. The first-order valence-corrected chi connectivity index (χ1v) is 11.2. The number of amides is 2. The SMILES string of the molecule is COc1cc(-c2cc(C(=O)N3CCC(NC(C)=O)CC3)c3ccccc3n2)cc(OC)c1OC. The fraction of sp³-hybridized carbons (Fsp3) is 0.346. The molecule has 2 heterocycles. The van der Waals surface area contributed by atoms with E-state index in [9.17, 15) is 9.59 Å². The predicted molar refractivity (Wildman–Crippen MR) is 130 cm³/mol. The molecule has 2 amide bonds. The van der Waals surface area contributed by atoms with E-state index in [0.29, 0.717) is 41.6 Å². The van der Waals surface area contributed by atoms with E-state index in [1.54, 1.807) is 21.3 Å². The van der Waals surface area contributed by atoms with Crippen molar-refractivity contribution in [2.45, 2.75) is 25.8 Å². The summed E-state index contributed by atoms with van der Waals surface area (Å²) in [5.74, 6) is 1.43. The molecule has 1 N–H and O–H groups in total. The smallest absolute Gasteiger partial charge is 0.254 e. The first-order chi connectivity index (χ1) is 16.4. The molecule has 8 nitrogen and oxygen atoms in total. The zero-order valence-electron chi connectivity index (χ0n) is 19.9. The monoisotopic (exact) mass is 463 g/mol. The zero-order chi connectivity index (χ0) is 24.2. The summed E-state index contributed by atoms with van der Waals surface area (Å²) >= 11 is 0. The van der Waals surface area contributed by atoms with E-state index in [1.807, 2.05) is 47.4 Å². The van der Waals surface area contributed by atoms with E-state index in [0.717, 1.165) is 29.3 Å². The van der Waals surface area contributed by atoms with E-state index in [2.05, 4.69) is 5.32 Å². The molecular weight excluding hydrogens is 434 g/mol. The predicted octanol–water partition coefficient (Wildman–Crippen LogP) is 3.67. The van der Waals surface area contributed by atoms with Gasteiger partial charge in [-0.1, -0.05) is 18.2 Å². The molecule has 1 aliphatic heterocycles. The third-order valence-electron chi connectivity index (χ3n) is 6.10. The molecule has 0 unspecified atom stereocenters. The van der Waals surface area contributed by atoms with Crippen molar-refractivity contribution in [1.29, 1.82) is 0 Å². The Bertz CT molecular complexity index is 1190. The lowest BCUT2D eigenvalue weighted by atomic mass is 10.00. The number of para-hydroxylation sites is 1. The molecule has 0 saturated carbocycles. The largest absolute Gasteiger partial charge is 0.493 e. The van der Waals surface area contributed by atoms with Gasteiger partial charge in [0.15, 0.2) is 11.5 Å². The fourth-order valence-electron chi connectivity index (χ4n) is 4.41. The number of hydrogen-bond donors (Lipinski definition) is 1. The van der Waals surface area contributed by atoms with Crippen molar-refractivity contribution in [2.75, 3.05) is 34.4 Å². The van der Waals surface area contributed by atoms with Gasteiger partial charge in [0.1, 0.15) is 0 Å². The number of ether oxygens (including phenoxy) is 3. The number of pyridine rings is 1. The molecule has 2 aromatic carbocycles. The molecule has 0 spiro atoms. The molecular formula is C26H29N3O5. The summed E-state index contributed by atoms with van der Waals surface area (Å²) in [5, 5.41) is 3.75. The quantitative estimate of drug-likeness (QED) is 0.600. The van der Waals surface area contributed by atoms with Gasteiger partial charge in [0, 0.05) is 37.0 Å². The van der Waals surface area contributed by atoms with Gasteiger partial charge in [-0.25, -0.2) is 4.98 Å². The Kier molecular flexibility index (Phi) is 6.86. The number of aromatic nitrogens is 1. The topological polar surface area (TPSA) is 90.0 Å². The van der Waals surface area contributed by atoms with Gasteiger partial charge in [0.25, 0.3) is 5.91 Å². The van der Waals surface area contributed by atoms with Gasteiger partial charge in [0.2, 0.25) is 11.7 Å². The summed E-state index contributed by atoms with van der Waals surface area (Å²) in [6, 6.07) is 13.2. The standard InChI is InChI=1S/C26H29N3O5/c1-16(30)27-18-9-11-29(12-10-18)26(31)20-15-22(28-21-8-6-5-7-19(20)21)17-13-23(32-2)25(34-4)24(14-17)33-3/h5-8,13-15,18H,9-12H2,1-4H3,(H,27,30). The summed E-state index contributed by atoms with van der Waals surface area (Å²) in [6.07, 6.45) is 1.46. The number of piperidine rings is 1. The summed E-state index contributed by atoms with van der Waals surface area (Å²) in [6.45, 7) is 2.69. The van der Waals surface area contributed by atoms with Gasteiger partial charge in [-0.3, -0.25) is 9.59 Å². The molecule has 8 heteroatoms. The number of carbonyl (C=O) groups is 2. The Labute approximate surface area is 198 Å². The lowest BCUT2D eigenvalue weighted by molar-refractivity contribution is -0.119. The van der Waals surface area contributed by atoms with E-state index in [-0.39, 0.29) is 17.9 Å². The average molecular weight is 464 g/mol. The van der Waals surface area contributed by atoms with Gasteiger partial charge >= 0.3 is 0 Å². The molecule has 1 aliphatic rings. The van der Waals surface area contributed by atoms with Crippen LogP contribution in [0.1, 0.15) is 30.1 Å². The van der Waals surface area contributed by atoms with Crippen LogP contribution in [0.2, 0.25) is 0 Å². The van der Waals surface area contributed by atoms with Gasteiger partial charge < -0.3 is 24.4 Å². The van der Waals surface area contributed by atoms with Crippen molar-refractivity contribution in [3.8, 4) is 28.5 Å². The number of hydrogen-bond acceptors (Lipinski definition) is 6. The molecule has 0 bridgehead atoms. The van der Waals surface area contributed by atoms with Crippen molar-refractivity contribution in [3.05, 3.63) is 48.0 Å². The Morgan fingerprint density at radius 2 is 1.62 bits per heavy atom. The summed E-state index contributed by atoms with van der Waals surface area (Å²) in [4.78, 5) is 31.6. The molecule has 178 valence electrons. The van der Waals surface area contributed by atoms with E-state index in [4.69, 9.17) is 19.2 Å². The normalized spacial score (nSPS) is 14.1. The molecule has 1 fully saturated rings. The lowest BCUT2D eigenvalue weighted by Gasteiger charge is -2.32. The molecule has 1 saturated heterocycles. The number of likely N-dealkylation sites (tertiary alicyclic amines) is 1. The van der Waals surface area contributed by atoms with Crippen LogP contribution in [0.4, 0.5) is 0 Å². The Morgan fingerprint density at radius 3 is 2.21 bits per heavy atom. The van der Waals surface area contributed by atoms with Crippen LogP contribution in [-0.2, 0) is 4.79 Å². The van der Waals surface area contributed by atoms with Crippen molar-refractivity contribution < 1.29 is 23.8 Å². The van der Waals surface area contributed by atoms with Gasteiger partial charge in [-0.2, -0.15) is 0 Å². The zero-order valence-corrected chi connectivity index (χ0v) is 19.9. The molecule has 3 aromatic rings. The lowest BCUT2D eigenvalue weighted by Crippen LogP contribution is -2.46. The minimum absolute atomic E-state index is 0.0418. The van der Waals surface area contributed by atoms with Crippen LogP contribution in [0.15, 0.2) is 42.5 Å². The van der Waals surface area contributed by atoms with Crippen molar-refractivity contribution >= 4 is 22.7 Å². The second kappa shape index (κ2) is 9.99. The number of fused-ring (bicyclic) bond motifs is 1. The summed E-state index contributed by atoms with van der Waals surface area (Å²) in [5.41, 5.74) is 2.70. The molecule has 1 aromatic heterocycles. The Balaban J connectivity index is 1.74. The fourth-order valence-corrected chi connectivity index (χ4v) is 4.41. The molecule has 0 atom stereocenters. The van der Waals surface area contributed by atoms with Gasteiger partial charge in [-0.05, 0) is 37.1 Å². The Hall–Kier alpha value is -3.81. The maximum atomic E-state index is 13.6. The minimum atomic E-state index is -0.0476. The van der Waals surface area contributed by atoms with E-state index < -0.39 is 0 Å². The second-order valence-electron chi connectivity index (χ2n) is 8.25. The average Bonchev–Trinajstić information content (AvgIpc) is 2.86. The molecule has 0 radical (unpaired) electrons. The van der Waals surface area contributed by atoms with Crippen LogP contribution in [-0.4, -0.2) is 62.2 Å². The maximum absolute atomic E-state index is 13.6. The highest BCUT2D eigenvalue weighted by Gasteiger charge is 2.26. The number of methoxy groups -OCH3 is 3. The van der Waals surface area contributed by atoms with Gasteiger partial charge in [0.05, 0.1) is 38.1 Å². The highest BCUT2D eigenvalue weighted by atomic mass is 16.5. The number of benzene rings is 2. The Morgan fingerprint density at radius 1 is 0.971 bits per heavy atom. The van der Waals surface area contributed by atoms with Crippen molar-refractivity contribution in [3.63, 3.8) is 0 Å². The molecule has 0 aliphatic carbocycles. The number of rotatable bonds is 6. The van der Waals surface area contributed by atoms with Crippen LogP contribution in [0.25, 0.3) is 22.2 Å². The summed E-state index contributed by atoms with van der Waals surface area (Å²) in [7, 11) is 4.68. The van der Waals surface area contributed by atoms with E-state index in [1.165, 1.54) is 6.92 Å².